The van der Waals surface area contributed by atoms with E-state index in [-0.39, 0.29) is 0 Å². The minimum Gasteiger partial charge on any atom is -0.204 e. The zero-order chi connectivity index (χ0) is 44.3. The van der Waals surface area contributed by atoms with E-state index in [4.69, 9.17) is 0 Å². The Morgan fingerprint density at radius 2 is 0.278 bits per heavy atom. The van der Waals surface area contributed by atoms with Crippen molar-refractivity contribution < 1.29 is 149 Å². The van der Waals surface area contributed by atoms with Crippen molar-refractivity contribution in [1.29, 1.82) is 0 Å². The summed E-state index contributed by atoms with van der Waals surface area (Å²) in [5.74, 6) is -169. The van der Waals surface area contributed by atoms with Gasteiger partial charge in [0.15, 0.2) is 11.7 Å². The maximum absolute atomic E-state index is 14.9. The molecule has 0 unspecified atom stereocenters. The summed E-state index contributed by atoms with van der Waals surface area (Å²) in [6, 6.07) is 0. The topological polar surface area (TPSA) is 0 Å². The highest BCUT2D eigenvalue weighted by atomic mass is 19.4. The van der Waals surface area contributed by atoms with Gasteiger partial charge in [0.1, 0.15) is 0 Å². The van der Waals surface area contributed by atoms with E-state index in [1.165, 1.54) is 0 Å². The molecule has 0 aromatic rings. The molecule has 0 bridgehead atoms. The average molecular weight is 886 g/mol. The Hall–Kier alpha value is -2.90. The van der Waals surface area contributed by atoms with Crippen molar-refractivity contribution in [2.45, 2.75) is 94.8 Å². The molecule has 0 aromatic heterocycles. The number of rotatable bonds is 1. The second-order valence-electron chi connectivity index (χ2n) is 10.6. The normalized spacial score (nSPS) is 35.7. The van der Waals surface area contributed by atoms with Gasteiger partial charge in [0.05, 0.1) is 11.1 Å². The van der Waals surface area contributed by atoms with Crippen molar-refractivity contribution in [3.63, 3.8) is 0 Å². The van der Waals surface area contributed by atoms with Crippen molar-refractivity contribution in [3.05, 3.63) is 22.8 Å². The molecule has 0 heterocycles. The first kappa shape index (κ1) is 47.3. The summed E-state index contributed by atoms with van der Waals surface area (Å²) in [7, 11) is 0. The zero-order valence-corrected chi connectivity index (χ0v) is 22.9. The van der Waals surface area contributed by atoms with Crippen molar-refractivity contribution in [2.75, 3.05) is 0 Å². The molecule has 0 nitrogen and oxygen atoms in total. The van der Waals surface area contributed by atoms with E-state index >= 15 is 0 Å². The molecule has 0 atom stereocenters. The van der Waals surface area contributed by atoms with Crippen LogP contribution in [-0.4, -0.2) is 94.8 Å². The summed E-state index contributed by atoms with van der Waals surface area (Å²) in [6.07, 6.45) is 0. The van der Waals surface area contributed by atoms with E-state index in [1.807, 2.05) is 0 Å². The van der Waals surface area contributed by atoms with Gasteiger partial charge in [0.25, 0.3) is 0 Å². The molecule has 0 spiro atoms. The van der Waals surface area contributed by atoms with E-state index < -0.39 is 118 Å². The number of halogens is 34. The van der Waals surface area contributed by atoms with E-state index in [1.54, 1.807) is 0 Å². The first-order valence-electron chi connectivity index (χ1n) is 11.7. The zero-order valence-electron chi connectivity index (χ0n) is 22.9. The van der Waals surface area contributed by atoms with Gasteiger partial charge in [0, 0.05) is 0 Å². The molecular weight excluding hydrogens is 886 g/mol. The summed E-state index contributed by atoms with van der Waals surface area (Å²) in [4.78, 5) is 0. The maximum atomic E-state index is 14.9. The molecule has 0 fully saturated rings. The molecule has 0 aliphatic heterocycles. The molecule has 0 N–H and O–H groups in total. The minimum atomic E-state index is -9.92. The standard InChI is InChI=1S/C20F34/c21-3-1(5(23,24)9(31,32)13(39,40)17(47,48)19(51,52)15(43,44)11(35,36)7(3,27)28)2-4(22)8(29,30)12(37,38)16(45,46)20(53,54)18(49,50)14(41,42)10(33,34)6(2,25)26/b3-1+,4-2+. The molecule has 34 heteroatoms. The first-order chi connectivity index (χ1) is 22.8. The fourth-order valence-corrected chi connectivity index (χ4v) is 4.08. The van der Waals surface area contributed by atoms with Crippen LogP contribution >= 0.6 is 0 Å². The third kappa shape index (κ3) is 4.49. The monoisotopic (exact) mass is 886 g/mol. The van der Waals surface area contributed by atoms with Gasteiger partial charge in [-0.1, -0.05) is 0 Å². The quantitative estimate of drug-likeness (QED) is 0.230. The van der Waals surface area contributed by atoms with Crippen LogP contribution in [0.4, 0.5) is 149 Å². The van der Waals surface area contributed by atoms with Crippen LogP contribution in [0.1, 0.15) is 0 Å². The van der Waals surface area contributed by atoms with Crippen LogP contribution in [0.5, 0.6) is 0 Å². The summed E-state index contributed by atoms with van der Waals surface area (Å²) in [6.45, 7) is 0. The first-order valence-corrected chi connectivity index (χ1v) is 11.7. The lowest BCUT2D eigenvalue weighted by atomic mass is 9.76. The third-order valence-electron chi connectivity index (χ3n) is 7.39. The molecular formula is C20F34. The smallest absolute Gasteiger partial charge is 0.204 e. The van der Waals surface area contributed by atoms with Crippen LogP contribution in [0, 0.1) is 0 Å². The molecule has 0 amide bonds. The van der Waals surface area contributed by atoms with Crippen LogP contribution in [-0.2, 0) is 0 Å². The summed E-state index contributed by atoms with van der Waals surface area (Å²) in [5, 5.41) is 0. The van der Waals surface area contributed by atoms with E-state index in [2.05, 4.69) is 0 Å². The van der Waals surface area contributed by atoms with Gasteiger partial charge in [-0.2, -0.15) is 140 Å². The molecule has 0 saturated carbocycles. The molecule has 2 aliphatic rings. The van der Waals surface area contributed by atoms with Gasteiger partial charge in [-0.15, -0.1) is 0 Å². The lowest BCUT2D eigenvalue weighted by Crippen LogP contribution is -2.77. The summed E-state index contributed by atoms with van der Waals surface area (Å²) in [5.41, 5.74) is -14.3. The van der Waals surface area contributed by atoms with Crippen LogP contribution in [0.25, 0.3) is 0 Å². The van der Waals surface area contributed by atoms with Gasteiger partial charge in [-0.25, -0.2) is 8.78 Å². The van der Waals surface area contributed by atoms with E-state index in [0.717, 1.165) is 0 Å². The molecule has 54 heavy (non-hydrogen) atoms. The highest BCUT2D eigenvalue weighted by Gasteiger charge is 2.99. The summed E-state index contributed by atoms with van der Waals surface area (Å²) < 4.78 is 482. The molecule has 2 aliphatic carbocycles. The largest absolute Gasteiger partial charge is 0.385 e. The summed E-state index contributed by atoms with van der Waals surface area (Å²) >= 11 is 0. The third-order valence-corrected chi connectivity index (χ3v) is 7.39. The number of hydrogen-bond acceptors (Lipinski definition) is 0. The van der Waals surface area contributed by atoms with Gasteiger partial charge < -0.3 is 0 Å². The maximum Gasteiger partial charge on any atom is 0.385 e. The van der Waals surface area contributed by atoms with Gasteiger partial charge >= 0.3 is 94.8 Å². The lowest BCUT2D eigenvalue weighted by molar-refractivity contribution is -0.454. The Morgan fingerprint density at radius 3 is 0.426 bits per heavy atom. The molecule has 0 radical (unpaired) electrons. The minimum absolute atomic E-state index is 7.02. The van der Waals surface area contributed by atoms with Crippen molar-refractivity contribution in [3.8, 4) is 0 Å². The second kappa shape index (κ2) is 10.9. The predicted octanol–water partition coefficient (Wildman–Crippen LogP) is 11.6. The molecule has 2 rings (SSSR count). The Labute approximate surface area is 268 Å². The van der Waals surface area contributed by atoms with Gasteiger partial charge in [-0.05, 0) is 0 Å². The van der Waals surface area contributed by atoms with Crippen molar-refractivity contribution in [1.82, 2.24) is 0 Å². The molecule has 0 saturated heterocycles. The van der Waals surface area contributed by atoms with Gasteiger partial charge in [0.2, 0.25) is 0 Å². The fourth-order valence-electron chi connectivity index (χ4n) is 4.08. The lowest BCUT2D eigenvalue weighted by Gasteiger charge is -2.47. The van der Waals surface area contributed by atoms with E-state index in [0.29, 0.717) is 0 Å². The highest BCUT2D eigenvalue weighted by molar-refractivity contribution is 5.53. The number of alkyl halides is 32. The molecule has 0 aromatic carbocycles. The van der Waals surface area contributed by atoms with Crippen molar-refractivity contribution in [2.24, 2.45) is 0 Å². The van der Waals surface area contributed by atoms with E-state index in [9.17, 15) is 149 Å². The molecule has 318 valence electrons. The van der Waals surface area contributed by atoms with Crippen LogP contribution < -0.4 is 0 Å². The number of hydrogen-bond donors (Lipinski definition) is 0. The SMILES string of the molecule is F/C1=C(\C2=C(/F)C(F)(F)C(F)(F)C(F)(F)C(F)(F)C(F)(F)C(F)(F)C(F)(F)C2(F)F)C(F)(F)C(F)(F)C(F)(F)C(F)(F)C(F)(F)C(F)(F)C(F)(F)C1(F)F. The van der Waals surface area contributed by atoms with Gasteiger partial charge in [-0.3, -0.25) is 0 Å². The highest BCUT2D eigenvalue weighted by Crippen LogP contribution is 2.71. The Bertz CT molecular complexity index is 1480. The predicted molar refractivity (Wildman–Crippen MR) is 95.4 cm³/mol. The second-order valence-corrected chi connectivity index (χ2v) is 10.6. The van der Waals surface area contributed by atoms with Crippen LogP contribution in [0.2, 0.25) is 0 Å². The van der Waals surface area contributed by atoms with Crippen LogP contribution in [0.15, 0.2) is 22.8 Å². The van der Waals surface area contributed by atoms with Crippen LogP contribution in [0.3, 0.4) is 0 Å². The average Bonchev–Trinajstić information content (AvgIpc) is 2.96. The number of allylic oxidation sites excluding steroid dienone is 4. The fraction of sp³-hybridized carbons (Fsp3) is 0.800. The Morgan fingerprint density at radius 1 is 0.167 bits per heavy atom. The Balaban J connectivity index is 3.78. The Kier molecular flexibility index (Phi) is 9.57. The van der Waals surface area contributed by atoms with Crippen molar-refractivity contribution >= 4 is 0 Å².